The van der Waals surface area contributed by atoms with Gasteiger partial charge < -0.3 is 14.8 Å². The summed E-state index contributed by atoms with van der Waals surface area (Å²) in [4.78, 5) is 11.6. The maximum atomic E-state index is 11.6. The highest BCUT2D eigenvalue weighted by molar-refractivity contribution is 5.73. The van der Waals surface area contributed by atoms with Gasteiger partial charge in [-0.2, -0.15) is 0 Å². The molecule has 4 heteroatoms. The number of esters is 1. The van der Waals surface area contributed by atoms with Crippen LogP contribution in [0.4, 0.5) is 5.69 Å². The van der Waals surface area contributed by atoms with Gasteiger partial charge in [0.2, 0.25) is 0 Å². The number of hydrogen-bond acceptors (Lipinski definition) is 4. The van der Waals surface area contributed by atoms with E-state index in [9.17, 15) is 4.79 Å². The fraction of sp³-hybridized carbons (Fsp3) is 0.500. The van der Waals surface area contributed by atoms with Crippen LogP contribution in [-0.2, 0) is 9.53 Å². The molecule has 1 unspecified atom stereocenters. The van der Waals surface area contributed by atoms with Gasteiger partial charge >= 0.3 is 5.97 Å². The van der Waals surface area contributed by atoms with Crippen molar-refractivity contribution in [3.63, 3.8) is 0 Å². The normalized spacial score (nSPS) is 12.1. The monoisotopic (exact) mass is 251 g/mol. The number of hydrogen-bond donors (Lipinski definition) is 1. The Morgan fingerprint density at radius 2 is 2.06 bits per heavy atom. The number of rotatable bonds is 6. The van der Waals surface area contributed by atoms with Gasteiger partial charge in [-0.25, -0.2) is 0 Å². The van der Waals surface area contributed by atoms with Gasteiger partial charge in [-0.15, -0.1) is 0 Å². The van der Waals surface area contributed by atoms with Crippen LogP contribution in [0.15, 0.2) is 24.3 Å². The zero-order valence-corrected chi connectivity index (χ0v) is 11.4. The number of carbonyl (C=O) groups excluding carboxylic acids is 1. The molecule has 0 aliphatic rings. The van der Waals surface area contributed by atoms with Gasteiger partial charge in [0.15, 0.2) is 0 Å². The van der Waals surface area contributed by atoms with E-state index in [1.54, 1.807) is 7.11 Å². The molecule has 0 spiro atoms. The number of benzene rings is 1. The lowest BCUT2D eigenvalue weighted by Crippen LogP contribution is -2.28. The smallest absolute Gasteiger partial charge is 0.310 e. The summed E-state index contributed by atoms with van der Waals surface area (Å²) in [7, 11) is 3.05. The minimum atomic E-state index is -0.180. The molecule has 18 heavy (non-hydrogen) atoms. The lowest BCUT2D eigenvalue weighted by molar-refractivity contribution is -0.146. The summed E-state index contributed by atoms with van der Waals surface area (Å²) in [5.74, 6) is 0.691. The van der Waals surface area contributed by atoms with Crippen molar-refractivity contribution < 1.29 is 14.3 Å². The first-order valence-electron chi connectivity index (χ1n) is 6.04. The summed E-state index contributed by atoms with van der Waals surface area (Å²) in [6.07, 6.45) is 0. The number of carbonyl (C=O) groups is 1. The molecule has 1 aromatic rings. The van der Waals surface area contributed by atoms with E-state index in [2.05, 4.69) is 5.32 Å². The number of ether oxygens (including phenoxy) is 2. The third kappa shape index (κ3) is 3.95. The van der Waals surface area contributed by atoms with Crippen LogP contribution in [0.5, 0.6) is 5.75 Å². The Labute approximate surface area is 108 Å². The molecule has 1 N–H and O–H groups in total. The number of anilines is 1. The average Bonchev–Trinajstić information content (AvgIpc) is 2.38. The Balaban J connectivity index is 2.63. The molecule has 100 valence electrons. The minimum Gasteiger partial charge on any atom is -0.497 e. The van der Waals surface area contributed by atoms with Gasteiger partial charge in [-0.3, -0.25) is 4.79 Å². The molecule has 1 aromatic carbocycles. The standard InChI is InChI=1S/C14H21NO3/c1-10(2)13(14(16)18-4)9-15-11-6-5-7-12(8-11)17-3/h5-8,10,13,15H,9H2,1-4H3. The van der Waals surface area contributed by atoms with Crippen molar-refractivity contribution in [2.24, 2.45) is 11.8 Å². The summed E-state index contributed by atoms with van der Waals surface area (Å²) in [5.41, 5.74) is 0.934. The molecule has 0 aliphatic heterocycles. The average molecular weight is 251 g/mol. The highest BCUT2D eigenvalue weighted by atomic mass is 16.5. The second-order valence-corrected chi connectivity index (χ2v) is 4.49. The maximum absolute atomic E-state index is 11.6. The largest absolute Gasteiger partial charge is 0.497 e. The fourth-order valence-electron chi connectivity index (χ4n) is 1.70. The van der Waals surface area contributed by atoms with Crippen LogP contribution in [-0.4, -0.2) is 26.7 Å². The molecule has 0 radical (unpaired) electrons. The minimum absolute atomic E-state index is 0.152. The van der Waals surface area contributed by atoms with Crippen molar-refractivity contribution >= 4 is 11.7 Å². The molecule has 0 bridgehead atoms. The van der Waals surface area contributed by atoms with Crippen LogP contribution < -0.4 is 10.1 Å². The Hall–Kier alpha value is -1.71. The summed E-state index contributed by atoms with van der Waals surface area (Å²) < 4.78 is 9.95. The first-order chi connectivity index (χ1) is 8.58. The van der Waals surface area contributed by atoms with Gasteiger partial charge in [0, 0.05) is 18.3 Å². The molecule has 0 aromatic heterocycles. The zero-order valence-electron chi connectivity index (χ0n) is 11.4. The van der Waals surface area contributed by atoms with Gasteiger partial charge in [-0.1, -0.05) is 19.9 Å². The van der Waals surface area contributed by atoms with E-state index in [0.29, 0.717) is 6.54 Å². The quantitative estimate of drug-likeness (QED) is 0.789. The van der Waals surface area contributed by atoms with E-state index < -0.39 is 0 Å². The van der Waals surface area contributed by atoms with Crippen molar-refractivity contribution in [2.45, 2.75) is 13.8 Å². The zero-order chi connectivity index (χ0) is 13.5. The van der Waals surface area contributed by atoms with Crippen LogP contribution in [0, 0.1) is 11.8 Å². The Kier molecular flexibility index (Phi) is 5.49. The predicted molar refractivity (Wildman–Crippen MR) is 71.8 cm³/mol. The number of methoxy groups -OCH3 is 2. The topological polar surface area (TPSA) is 47.6 Å². The Morgan fingerprint density at radius 3 is 2.61 bits per heavy atom. The molecule has 0 heterocycles. The van der Waals surface area contributed by atoms with Crippen LogP contribution in [0.2, 0.25) is 0 Å². The molecule has 0 saturated carbocycles. The summed E-state index contributed by atoms with van der Waals surface area (Å²) in [6, 6.07) is 7.63. The summed E-state index contributed by atoms with van der Waals surface area (Å²) in [5, 5.41) is 3.24. The van der Waals surface area contributed by atoms with E-state index in [1.807, 2.05) is 38.1 Å². The summed E-state index contributed by atoms with van der Waals surface area (Å²) >= 11 is 0. The van der Waals surface area contributed by atoms with Crippen LogP contribution in [0.1, 0.15) is 13.8 Å². The Morgan fingerprint density at radius 1 is 1.33 bits per heavy atom. The first-order valence-corrected chi connectivity index (χ1v) is 6.04. The summed E-state index contributed by atoms with van der Waals surface area (Å²) in [6.45, 7) is 4.57. The SMILES string of the molecule is COC(=O)C(CNc1cccc(OC)c1)C(C)C. The van der Waals surface area contributed by atoms with E-state index in [-0.39, 0.29) is 17.8 Å². The van der Waals surface area contributed by atoms with Crippen molar-refractivity contribution in [1.82, 2.24) is 0 Å². The van der Waals surface area contributed by atoms with Crippen LogP contribution in [0.25, 0.3) is 0 Å². The molecule has 4 nitrogen and oxygen atoms in total. The van der Waals surface area contributed by atoms with Crippen molar-refractivity contribution in [3.05, 3.63) is 24.3 Å². The third-order valence-electron chi connectivity index (χ3n) is 2.90. The molecule has 1 atom stereocenters. The van der Waals surface area contributed by atoms with Crippen LogP contribution in [0.3, 0.4) is 0 Å². The van der Waals surface area contributed by atoms with Crippen LogP contribution >= 0.6 is 0 Å². The van der Waals surface area contributed by atoms with E-state index in [0.717, 1.165) is 11.4 Å². The van der Waals surface area contributed by atoms with E-state index in [1.165, 1.54) is 7.11 Å². The van der Waals surface area contributed by atoms with Gasteiger partial charge in [0.05, 0.1) is 20.1 Å². The third-order valence-corrected chi connectivity index (χ3v) is 2.90. The fourth-order valence-corrected chi connectivity index (χ4v) is 1.70. The van der Waals surface area contributed by atoms with Crippen molar-refractivity contribution in [3.8, 4) is 5.75 Å². The first kappa shape index (κ1) is 14.4. The molecular formula is C14H21NO3. The van der Waals surface area contributed by atoms with Crippen molar-refractivity contribution in [1.29, 1.82) is 0 Å². The van der Waals surface area contributed by atoms with Crippen molar-refractivity contribution in [2.75, 3.05) is 26.1 Å². The molecule has 0 fully saturated rings. The predicted octanol–water partition coefficient (Wildman–Crippen LogP) is 2.55. The van der Waals surface area contributed by atoms with E-state index >= 15 is 0 Å². The van der Waals surface area contributed by atoms with Gasteiger partial charge in [0.25, 0.3) is 0 Å². The Bertz CT molecular complexity index is 390. The van der Waals surface area contributed by atoms with E-state index in [4.69, 9.17) is 9.47 Å². The maximum Gasteiger partial charge on any atom is 0.310 e. The molecule has 0 aliphatic carbocycles. The lowest BCUT2D eigenvalue weighted by Gasteiger charge is -2.19. The lowest BCUT2D eigenvalue weighted by atomic mass is 9.96. The highest BCUT2D eigenvalue weighted by Gasteiger charge is 2.22. The highest BCUT2D eigenvalue weighted by Crippen LogP contribution is 2.19. The molecular weight excluding hydrogens is 230 g/mol. The number of nitrogens with one attached hydrogen (secondary N) is 1. The van der Waals surface area contributed by atoms with Gasteiger partial charge in [-0.05, 0) is 18.1 Å². The second kappa shape index (κ2) is 6.89. The van der Waals surface area contributed by atoms with Gasteiger partial charge in [0.1, 0.15) is 5.75 Å². The molecule has 0 saturated heterocycles. The molecule has 0 amide bonds. The molecule has 1 rings (SSSR count). The second-order valence-electron chi connectivity index (χ2n) is 4.49.